The SMILES string of the molecule is CCCCC[C@@H](C)[C@@H](C)c1cc(O)c2c(c1)OC(C)(C)C1=C2CN(C)CC1. The molecule has 0 unspecified atom stereocenters. The Hall–Kier alpha value is -1.48. The Morgan fingerprint density at radius 2 is 1.96 bits per heavy atom. The molecule has 27 heavy (non-hydrogen) atoms. The van der Waals surface area contributed by atoms with Gasteiger partial charge in [-0.15, -0.1) is 0 Å². The highest BCUT2D eigenvalue weighted by Gasteiger charge is 2.38. The molecular weight excluding hydrogens is 334 g/mol. The molecule has 3 rings (SSSR count). The molecule has 0 spiro atoms. The van der Waals surface area contributed by atoms with Crippen molar-refractivity contribution in [3.8, 4) is 11.5 Å². The van der Waals surface area contributed by atoms with Gasteiger partial charge in [-0.1, -0.05) is 46.5 Å². The Balaban J connectivity index is 1.94. The number of hydrogen-bond acceptors (Lipinski definition) is 3. The van der Waals surface area contributed by atoms with Crippen molar-refractivity contribution in [3.63, 3.8) is 0 Å². The zero-order chi connectivity index (χ0) is 19.8. The third-order valence-electron chi connectivity index (χ3n) is 6.68. The normalized spacial score (nSPS) is 21.3. The molecule has 3 heteroatoms. The maximum absolute atomic E-state index is 10.9. The third kappa shape index (κ3) is 4.03. The van der Waals surface area contributed by atoms with Crippen LogP contribution in [0.5, 0.6) is 11.5 Å². The van der Waals surface area contributed by atoms with E-state index >= 15 is 0 Å². The van der Waals surface area contributed by atoms with E-state index in [1.165, 1.54) is 42.4 Å². The quantitative estimate of drug-likeness (QED) is 0.625. The maximum Gasteiger partial charge on any atom is 0.132 e. The average molecular weight is 372 g/mol. The summed E-state index contributed by atoms with van der Waals surface area (Å²) in [5.41, 5.74) is 4.43. The second kappa shape index (κ2) is 7.87. The van der Waals surface area contributed by atoms with Gasteiger partial charge in [-0.2, -0.15) is 0 Å². The molecule has 0 bridgehead atoms. The summed E-state index contributed by atoms with van der Waals surface area (Å²) in [5, 5.41) is 10.9. The lowest BCUT2D eigenvalue weighted by Gasteiger charge is -2.42. The van der Waals surface area contributed by atoms with Gasteiger partial charge in [0.2, 0.25) is 0 Å². The number of likely N-dealkylation sites (N-methyl/N-ethyl adjacent to an activating group) is 1. The van der Waals surface area contributed by atoms with Crippen molar-refractivity contribution in [2.45, 2.75) is 78.2 Å². The van der Waals surface area contributed by atoms with Crippen LogP contribution in [-0.4, -0.2) is 35.7 Å². The predicted octanol–water partition coefficient (Wildman–Crippen LogP) is 5.97. The van der Waals surface area contributed by atoms with E-state index in [0.717, 1.165) is 30.8 Å². The first kappa shape index (κ1) is 20.3. The molecule has 2 atom stereocenters. The van der Waals surface area contributed by atoms with E-state index in [9.17, 15) is 5.11 Å². The van der Waals surface area contributed by atoms with E-state index in [2.05, 4.69) is 52.6 Å². The van der Waals surface area contributed by atoms with Crippen LogP contribution in [0.25, 0.3) is 5.57 Å². The predicted molar refractivity (Wildman–Crippen MR) is 114 cm³/mol. The minimum absolute atomic E-state index is 0.301. The van der Waals surface area contributed by atoms with Crippen LogP contribution in [0.15, 0.2) is 17.7 Å². The summed E-state index contributed by atoms with van der Waals surface area (Å²) in [6.45, 7) is 13.1. The molecule has 150 valence electrons. The van der Waals surface area contributed by atoms with Gasteiger partial charge >= 0.3 is 0 Å². The van der Waals surface area contributed by atoms with Crippen LogP contribution in [0, 0.1) is 5.92 Å². The number of phenols is 1. The first-order valence-electron chi connectivity index (χ1n) is 10.7. The summed E-state index contributed by atoms with van der Waals surface area (Å²) in [5.74, 6) is 2.25. The third-order valence-corrected chi connectivity index (χ3v) is 6.68. The lowest BCUT2D eigenvalue weighted by molar-refractivity contribution is 0.132. The number of aromatic hydroxyl groups is 1. The van der Waals surface area contributed by atoms with E-state index in [-0.39, 0.29) is 5.60 Å². The van der Waals surface area contributed by atoms with Crippen LogP contribution in [-0.2, 0) is 0 Å². The number of ether oxygens (including phenoxy) is 1. The summed E-state index contributed by atoms with van der Waals surface area (Å²) < 4.78 is 6.44. The molecule has 2 heterocycles. The molecule has 1 N–H and O–H groups in total. The van der Waals surface area contributed by atoms with Crippen LogP contribution in [0.4, 0.5) is 0 Å². The Morgan fingerprint density at radius 1 is 1.22 bits per heavy atom. The molecule has 0 radical (unpaired) electrons. The van der Waals surface area contributed by atoms with Crippen molar-refractivity contribution in [2.24, 2.45) is 5.92 Å². The van der Waals surface area contributed by atoms with Gasteiger partial charge in [0.05, 0.1) is 5.56 Å². The molecule has 2 aliphatic heterocycles. The molecule has 0 aliphatic carbocycles. The van der Waals surface area contributed by atoms with Crippen LogP contribution in [0.2, 0.25) is 0 Å². The van der Waals surface area contributed by atoms with Crippen molar-refractivity contribution in [3.05, 3.63) is 28.8 Å². The van der Waals surface area contributed by atoms with Gasteiger partial charge in [-0.25, -0.2) is 0 Å². The Kier molecular flexibility index (Phi) is 5.90. The van der Waals surface area contributed by atoms with Crippen LogP contribution >= 0.6 is 0 Å². The first-order chi connectivity index (χ1) is 12.7. The second-order valence-corrected chi connectivity index (χ2v) is 9.23. The molecule has 0 aromatic heterocycles. The van der Waals surface area contributed by atoms with Crippen molar-refractivity contribution in [2.75, 3.05) is 20.1 Å². The highest BCUT2D eigenvalue weighted by molar-refractivity contribution is 5.82. The largest absolute Gasteiger partial charge is 0.507 e. The van der Waals surface area contributed by atoms with Gasteiger partial charge in [0, 0.05) is 13.1 Å². The monoisotopic (exact) mass is 371 g/mol. The van der Waals surface area contributed by atoms with Crippen molar-refractivity contribution < 1.29 is 9.84 Å². The average Bonchev–Trinajstić information content (AvgIpc) is 2.59. The van der Waals surface area contributed by atoms with Gasteiger partial charge < -0.3 is 14.7 Å². The topological polar surface area (TPSA) is 32.7 Å². The molecular formula is C24H37NO2. The highest BCUT2D eigenvalue weighted by atomic mass is 16.5. The van der Waals surface area contributed by atoms with E-state index in [1.807, 2.05) is 6.07 Å². The van der Waals surface area contributed by atoms with Crippen LogP contribution < -0.4 is 4.74 Å². The number of benzene rings is 1. The van der Waals surface area contributed by atoms with Crippen molar-refractivity contribution in [1.82, 2.24) is 4.90 Å². The summed E-state index contributed by atoms with van der Waals surface area (Å²) in [6, 6.07) is 4.18. The first-order valence-corrected chi connectivity index (χ1v) is 10.7. The zero-order valence-electron chi connectivity index (χ0n) is 18.1. The van der Waals surface area contributed by atoms with Gasteiger partial charge in [0.1, 0.15) is 17.1 Å². The number of hydrogen-bond donors (Lipinski definition) is 1. The minimum Gasteiger partial charge on any atom is -0.507 e. The summed E-state index contributed by atoms with van der Waals surface area (Å²) in [4.78, 5) is 2.33. The molecule has 0 fully saturated rings. The molecule has 1 aromatic carbocycles. The number of fused-ring (bicyclic) bond motifs is 2. The van der Waals surface area contributed by atoms with Gasteiger partial charge in [-0.3, -0.25) is 0 Å². The van der Waals surface area contributed by atoms with Gasteiger partial charge in [-0.05, 0) is 68.0 Å². The Morgan fingerprint density at radius 3 is 2.67 bits per heavy atom. The van der Waals surface area contributed by atoms with E-state index in [0.29, 0.717) is 17.6 Å². The maximum atomic E-state index is 10.9. The Bertz CT molecular complexity index is 719. The minimum atomic E-state index is -0.301. The molecule has 2 aliphatic rings. The lowest BCUT2D eigenvalue weighted by atomic mass is 9.79. The van der Waals surface area contributed by atoms with E-state index in [4.69, 9.17) is 4.74 Å². The number of unbranched alkanes of at least 4 members (excludes halogenated alkanes) is 2. The lowest BCUT2D eigenvalue weighted by Crippen LogP contribution is -2.41. The number of rotatable bonds is 6. The number of nitrogens with zero attached hydrogens (tertiary/aromatic N) is 1. The Labute approximate surface area is 165 Å². The fourth-order valence-electron chi connectivity index (χ4n) is 4.69. The highest BCUT2D eigenvalue weighted by Crippen LogP contribution is 2.49. The van der Waals surface area contributed by atoms with E-state index in [1.54, 1.807) is 0 Å². The summed E-state index contributed by atoms with van der Waals surface area (Å²) in [6.07, 6.45) is 6.08. The van der Waals surface area contributed by atoms with Crippen LogP contribution in [0.3, 0.4) is 0 Å². The smallest absolute Gasteiger partial charge is 0.132 e. The molecule has 0 amide bonds. The standard InChI is InChI=1S/C24H37NO2/c1-7-8-9-10-16(2)17(3)18-13-21(26)23-19-15-25(6)12-11-20(19)24(4,5)27-22(23)14-18/h13-14,16-17,26H,7-12,15H2,1-6H3/t16-,17-/m1/s1. The fourth-order valence-corrected chi connectivity index (χ4v) is 4.69. The zero-order valence-corrected chi connectivity index (χ0v) is 18.1. The van der Waals surface area contributed by atoms with Crippen LogP contribution in [0.1, 0.15) is 83.8 Å². The number of phenolic OH excluding ortho intramolecular Hbond substituents is 1. The van der Waals surface area contributed by atoms with E-state index < -0.39 is 0 Å². The molecule has 1 aromatic rings. The second-order valence-electron chi connectivity index (χ2n) is 9.23. The summed E-state index contributed by atoms with van der Waals surface area (Å²) in [7, 11) is 2.15. The molecule has 3 nitrogen and oxygen atoms in total. The molecule has 0 saturated heterocycles. The van der Waals surface area contributed by atoms with Crippen molar-refractivity contribution >= 4 is 5.57 Å². The van der Waals surface area contributed by atoms with Gasteiger partial charge in [0.15, 0.2) is 0 Å². The fraction of sp³-hybridized carbons (Fsp3) is 0.667. The molecule has 0 saturated carbocycles. The van der Waals surface area contributed by atoms with Gasteiger partial charge in [0.25, 0.3) is 0 Å². The summed E-state index contributed by atoms with van der Waals surface area (Å²) >= 11 is 0. The van der Waals surface area contributed by atoms with Crippen molar-refractivity contribution in [1.29, 1.82) is 0 Å².